The third-order valence-corrected chi connectivity index (χ3v) is 16.3. The van der Waals surface area contributed by atoms with Gasteiger partial charge in [-0.3, -0.25) is 14.2 Å². The van der Waals surface area contributed by atoms with Gasteiger partial charge in [-0.25, -0.2) is 0 Å². The number of hydrogen-bond donors (Lipinski definition) is 0. The quantitative estimate of drug-likeness (QED) is 0.0195. The van der Waals surface area contributed by atoms with Crippen LogP contribution in [0.5, 0.6) is 0 Å². The highest BCUT2D eigenvalue weighted by Crippen LogP contribution is 2.38. The summed E-state index contributed by atoms with van der Waals surface area (Å²) in [5.41, 5.74) is 0. The lowest BCUT2D eigenvalue weighted by Gasteiger charge is -2.28. The van der Waals surface area contributed by atoms with Gasteiger partial charge in [-0.05, 0) is 148 Å². The van der Waals surface area contributed by atoms with Gasteiger partial charge in [0.15, 0.2) is 6.10 Å². The molecule has 9 nitrogen and oxygen atoms in total. The molecule has 2 unspecified atom stereocenters. The minimum absolute atomic E-state index is 0.0439. The zero-order valence-corrected chi connectivity index (χ0v) is 62.4. The van der Waals surface area contributed by atoms with Crippen LogP contribution in [0.4, 0.5) is 0 Å². The van der Waals surface area contributed by atoms with E-state index >= 15 is 0 Å². The molecule has 0 radical (unpaired) electrons. The van der Waals surface area contributed by atoms with E-state index in [-0.39, 0.29) is 26.1 Å². The highest BCUT2D eigenvalue weighted by atomic mass is 31.2. The van der Waals surface area contributed by atoms with Crippen molar-refractivity contribution in [2.75, 3.05) is 47.5 Å². The van der Waals surface area contributed by atoms with Crippen molar-refractivity contribution >= 4 is 19.8 Å². The van der Waals surface area contributed by atoms with Crippen LogP contribution in [0.3, 0.4) is 0 Å². The molecule has 0 bridgehead atoms. The summed E-state index contributed by atoms with van der Waals surface area (Å²) in [6, 6.07) is 0. The standard InChI is InChI=1S/C86H138NO8P/c1-6-8-10-12-14-16-18-20-22-24-26-28-30-32-34-36-38-40-42-43-45-46-48-50-52-54-56-58-60-62-64-66-68-70-72-74-76-78-85(88)92-82-84(83-94-96(90,91)93-81-80-87(3,4)5)95-86(89)79-77-75-73-71-69-67-65-63-61-59-57-55-53-51-49-47-44-41-39-37-35-33-31-29-27-25-23-21-19-17-15-13-11-9-7-2/h8-11,14-17,20-23,26-29,32-35,38-41,43,45,47-50,53,55,59,61,84H,6-7,12-13,18-19,24-25,30-31,36-37,42,44,46,51-52,54,56-58,60,62-83H2,1-5H3/b10-8-,11-9-,16-14-,17-15-,22-20-,23-21-,28-26-,29-27-,34-32-,35-33-,40-38-,41-39-,45-43-,49-47-,50-48-,55-53-,61-59-. The van der Waals surface area contributed by atoms with Crippen molar-refractivity contribution in [3.8, 4) is 0 Å². The highest BCUT2D eigenvalue weighted by molar-refractivity contribution is 7.45. The molecule has 0 rings (SSSR count). The van der Waals surface area contributed by atoms with E-state index in [1.165, 1.54) is 64.2 Å². The molecular weight excluding hydrogens is 1210 g/mol. The molecule has 0 aromatic carbocycles. The van der Waals surface area contributed by atoms with E-state index in [1.54, 1.807) is 0 Å². The Labute approximate surface area is 589 Å². The second-order valence-corrected chi connectivity index (χ2v) is 27.0. The SMILES string of the molecule is CC/C=C\C/C=C\C/C=C\C/C=C\C/C=C\C/C=C\C/C=C\C/C=C\C/C=C\CCCCCCCCCC(=O)OC(COC(=O)CCCCCCCCCCCCCC/C=C\C/C=C\C/C=C\C/C=C\C/C=C\C/C=C\C/C=C\C/C=C\CC)COP(=O)([O-])OCC[N+](C)(C)C. The number of ether oxygens (including phenoxy) is 2. The first kappa shape index (κ1) is 90.6. The van der Waals surface area contributed by atoms with Crippen LogP contribution >= 0.6 is 7.82 Å². The van der Waals surface area contributed by atoms with Gasteiger partial charge in [0.05, 0.1) is 27.7 Å². The fourth-order valence-corrected chi connectivity index (χ4v) is 10.3. The number of phosphoric ester groups is 1. The molecule has 0 spiro atoms. The molecule has 0 amide bonds. The number of unbranched alkanes of at least 4 members (excludes halogenated alkanes) is 19. The van der Waals surface area contributed by atoms with E-state index in [2.05, 4.69) is 220 Å². The third kappa shape index (κ3) is 77.6. The molecule has 0 aromatic heterocycles. The lowest BCUT2D eigenvalue weighted by Crippen LogP contribution is -2.37. The van der Waals surface area contributed by atoms with Crippen LogP contribution in [0.2, 0.25) is 0 Å². The van der Waals surface area contributed by atoms with Crippen molar-refractivity contribution in [1.82, 2.24) is 0 Å². The van der Waals surface area contributed by atoms with Crippen LogP contribution in [0, 0.1) is 0 Å². The number of hydrogen-bond acceptors (Lipinski definition) is 8. The molecule has 0 heterocycles. The predicted molar refractivity (Wildman–Crippen MR) is 415 cm³/mol. The van der Waals surface area contributed by atoms with Crippen LogP contribution in [-0.4, -0.2) is 70.0 Å². The van der Waals surface area contributed by atoms with E-state index in [4.69, 9.17) is 18.5 Å². The molecule has 10 heteroatoms. The number of carbonyl (C=O) groups excluding carboxylic acids is 2. The zero-order chi connectivity index (χ0) is 69.7. The number of quaternary nitrogens is 1. The summed E-state index contributed by atoms with van der Waals surface area (Å²) >= 11 is 0. The van der Waals surface area contributed by atoms with Gasteiger partial charge < -0.3 is 27.9 Å². The first-order valence-electron chi connectivity index (χ1n) is 37.8. The molecule has 540 valence electrons. The van der Waals surface area contributed by atoms with E-state index in [9.17, 15) is 19.0 Å². The van der Waals surface area contributed by atoms with Crippen LogP contribution in [-0.2, 0) is 32.7 Å². The molecule has 0 N–H and O–H groups in total. The third-order valence-electron chi connectivity index (χ3n) is 15.3. The summed E-state index contributed by atoms with van der Waals surface area (Å²) in [4.78, 5) is 38.2. The number of likely N-dealkylation sites (N-methyl/N-ethyl adjacent to an activating group) is 1. The molecule has 0 aliphatic rings. The number of esters is 2. The first-order valence-corrected chi connectivity index (χ1v) is 39.3. The largest absolute Gasteiger partial charge is 0.756 e. The van der Waals surface area contributed by atoms with Crippen molar-refractivity contribution in [2.45, 2.75) is 277 Å². The van der Waals surface area contributed by atoms with Gasteiger partial charge in [-0.1, -0.05) is 317 Å². The van der Waals surface area contributed by atoms with Gasteiger partial charge in [-0.15, -0.1) is 0 Å². The average Bonchev–Trinajstić information content (AvgIpc) is 2.74. The second kappa shape index (κ2) is 73.8. The highest BCUT2D eigenvalue weighted by Gasteiger charge is 2.22. The summed E-state index contributed by atoms with van der Waals surface area (Å²) < 4.78 is 34.3. The Bertz CT molecular complexity index is 2380. The Kier molecular flexibility index (Phi) is 69.7. The lowest BCUT2D eigenvalue weighted by atomic mass is 10.0. The Balaban J connectivity index is 4.13. The molecule has 0 saturated heterocycles. The van der Waals surface area contributed by atoms with E-state index in [1.807, 2.05) is 21.1 Å². The van der Waals surface area contributed by atoms with Gasteiger partial charge in [0, 0.05) is 12.8 Å². The first-order chi connectivity index (χ1) is 47.0. The molecule has 0 aliphatic heterocycles. The fraction of sp³-hybridized carbons (Fsp3) is 0.581. The second-order valence-electron chi connectivity index (χ2n) is 25.5. The van der Waals surface area contributed by atoms with E-state index in [0.717, 1.165) is 167 Å². The summed E-state index contributed by atoms with van der Waals surface area (Å²) in [6.07, 6.45) is 116. The average molecular weight is 1350 g/mol. The zero-order valence-electron chi connectivity index (χ0n) is 61.5. The molecule has 2 atom stereocenters. The monoisotopic (exact) mass is 1340 g/mol. The van der Waals surface area contributed by atoms with Crippen LogP contribution in [0.25, 0.3) is 0 Å². The maximum Gasteiger partial charge on any atom is 0.306 e. The number of phosphoric acid groups is 1. The normalized spacial score (nSPS) is 14.3. The predicted octanol–water partition coefficient (Wildman–Crippen LogP) is 24.7. The van der Waals surface area contributed by atoms with Crippen LogP contribution < -0.4 is 4.89 Å². The number of allylic oxidation sites excluding steroid dienone is 34. The molecule has 96 heavy (non-hydrogen) atoms. The van der Waals surface area contributed by atoms with Crippen molar-refractivity contribution in [2.24, 2.45) is 0 Å². The van der Waals surface area contributed by atoms with Crippen molar-refractivity contribution < 1.29 is 42.1 Å². The number of nitrogens with zero attached hydrogens (tertiary/aromatic N) is 1. The Hall–Kier alpha value is -5.41. The summed E-state index contributed by atoms with van der Waals surface area (Å²) in [5, 5.41) is 0. The Morgan fingerprint density at radius 2 is 0.562 bits per heavy atom. The lowest BCUT2D eigenvalue weighted by molar-refractivity contribution is -0.870. The van der Waals surface area contributed by atoms with Crippen molar-refractivity contribution in [3.05, 3.63) is 207 Å². The summed E-state index contributed by atoms with van der Waals surface area (Å²) in [7, 11) is 1.13. The van der Waals surface area contributed by atoms with Crippen LogP contribution in [0.1, 0.15) is 271 Å². The molecular formula is C86H138NO8P. The van der Waals surface area contributed by atoms with Gasteiger partial charge >= 0.3 is 11.9 Å². The van der Waals surface area contributed by atoms with Crippen molar-refractivity contribution in [3.63, 3.8) is 0 Å². The van der Waals surface area contributed by atoms with Gasteiger partial charge in [0.2, 0.25) is 0 Å². The van der Waals surface area contributed by atoms with Crippen LogP contribution in [0.15, 0.2) is 207 Å². The fourth-order valence-electron chi connectivity index (χ4n) is 9.61. The van der Waals surface area contributed by atoms with Gasteiger partial charge in [-0.2, -0.15) is 0 Å². The molecule has 0 saturated carbocycles. The number of carbonyl (C=O) groups is 2. The smallest absolute Gasteiger partial charge is 0.306 e. The maximum atomic E-state index is 12.9. The Morgan fingerprint density at radius 1 is 0.323 bits per heavy atom. The Morgan fingerprint density at radius 3 is 0.833 bits per heavy atom. The number of rotatable bonds is 67. The molecule has 0 aliphatic carbocycles. The van der Waals surface area contributed by atoms with E-state index < -0.39 is 32.5 Å². The summed E-state index contributed by atoms with van der Waals surface area (Å²) in [5.74, 6) is -0.859. The molecule has 0 fully saturated rings. The van der Waals surface area contributed by atoms with Gasteiger partial charge in [0.25, 0.3) is 7.82 Å². The topological polar surface area (TPSA) is 111 Å². The van der Waals surface area contributed by atoms with E-state index in [0.29, 0.717) is 23.9 Å². The molecule has 0 aromatic rings. The minimum atomic E-state index is -4.66. The van der Waals surface area contributed by atoms with Crippen molar-refractivity contribution in [1.29, 1.82) is 0 Å². The van der Waals surface area contributed by atoms with Gasteiger partial charge in [0.1, 0.15) is 19.8 Å². The maximum absolute atomic E-state index is 12.9. The minimum Gasteiger partial charge on any atom is -0.756 e. The summed E-state index contributed by atoms with van der Waals surface area (Å²) in [6.45, 7) is 3.98.